The summed E-state index contributed by atoms with van der Waals surface area (Å²) in [6.07, 6.45) is 15.0. The van der Waals surface area contributed by atoms with Crippen molar-refractivity contribution in [1.82, 2.24) is 29.9 Å². The van der Waals surface area contributed by atoms with Gasteiger partial charge in [-0.2, -0.15) is 10.2 Å². The fourth-order valence-corrected chi connectivity index (χ4v) is 6.93. The largest absolute Gasteiger partial charge is 0.366 e. The van der Waals surface area contributed by atoms with Crippen molar-refractivity contribution in [1.29, 1.82) is 0 Å². The summed E-state index contributed by atoms with van der Waals surface area (Å²) in [5.41, 5.74) is 11.0. The number of piperazine rings is 1. The standard InChI is InChI=1S/C30H27ClN8/c1-37-16-21-13-20(37)17-38(21)19-5-6-23(25(31)14-19)27-9-12-33-30-28(22-3-2-4-26-24(22)15-34-35-26)29(36-39(27)30)18-7-10-32-11-8-18/h2-12,14-15,20-21,24,26,35H,13,16-17H2,1H3/t20-,21-,24?,26?/m0/s1. The molecule has 0 radical (unpaired) electrons. The minimum atomic E-state index is 0.103. The third-order valence-corrected chi connectivity index (χ3v) is 8.95. The average molecular weight is 535 g/mol. The lowest BCUT2D eigenvalue weighted by molar-refractivity contribution is 0.292. The molecule has 8 rings (SSSR count). The Kier molecular flexibility index (Phi) is 5.15. The molecule has 2 bridgehead atoms. The van der Waals surface area contributed by atoms with Crippen LogP contribution < -0.4 is 10.3 Å². The third kappa shape index (κ3) is 3.55. The number of anilines is 1. The average Bonchev–Trinajstić information content (AvgIpc) is 3.75. The van der Waals surface area contributed by atoms with Crippen LogP contribution >= 0.6 is 11.6 Å². The number of benzene rings is 1. The van der Waals surface area contributed by atoms with Crippen LogP contribution in [0.15, 0.2) is 78.3 Å². The molecule has 0 spiro atoms. The molecule has 2 unspecified atom stereocenters. The molecule has 0 amide bonds. The molecule has 3 aliphatic heterocycles. The van der Waals surface area contributed by atoms with Crippen molar-refractivity contribution in [2.24, 2.45) is 11.0 Å². The molecule has 3 aromatic heterocycles. The topological polar surface area (TPSA) is 73.9 Å². The molecule has 4 aromatic rings. The van der Waals surface area contributed by atoms with Crippen molar-refractivity contribution >= 4 is 34.7 Å². The molecule has 8 nitrogen and oxygen atoms in total. The zero-order valence-corrected chi connectivity index (χ0v) is 22.2. The number of fused-ring (bicyclic) bond motifs is 4. The summed E-state index contributed by atoms with van der Waals surface area (Å²) in [5, 5.41) is 10.2. The highest BCUT2D eigenvalue weighted by Gasteiger charge is 2.41. The van der Waals surface area contributed by atoms with Crippen LogP contribution in [-0.2, 0) is 0 Å². The first-order valence-corrected chi connectivity index (χ1v) is 13.8. The second-order valence-corrected chi connectivity index (χ2v) is 11.2. The van der Waals surface area contributed by atoms with E-state index in [0.717, 1.165) is 52.4 Å². The first-order valence-electron chi connectivity index (χ1n) is 13.4. The summed E-state index contributed by atoms with van der Waals surface area (Å²) in [7, 11) is 2.22. The number of hydrogen-bond acceptors (Lipinski definition) is 7. The fourth-order valence-electron chi connectivity index (χ4n) is 6.66. The first-order chi connectivity index (χ1) is 19.2. The number of likely N-dealkylation sites (tertiary alicyclic amines) is 1. The van der Waals surface area contributed by atoms with Gasteiger partial charge in [-0.05, 0) is 55.4 Å². The van der Waals surface area contributed by atoms with E-state index in [9.17, 15) is 0 Å². The lowest BCUT2D eigenvalue weighted by Gasteiger charge is -2.33. The maximum atomic E-state index is 7.01. The van der Waals surface area contributed by atoms with E-state index in [1.807, 2.05) is 35.1 Å². The molecule has 6 heterocycles. The van der Waals surface area contributed by atoms with E-state index in [2.05, 4.69) is 68.8 Å². The highest BCUT2D eigenvalue weighted by molar-refractivity contribution is 6.33. The van der Waals surface area contributed by atoms with E-state index in [1.165, 1.54) is 12.1 Å². The zero-order valence-electron chi connectivity index (χ0n) is 21.4. The van der Waals surface area contributed by atoms with Crippen LogP contribution in [0.1, 0.15) is 12.0 Å². The van der Waals surface area contributed by atoms with Crippen molar-refractivity contribution < 1.29 is 0 Å². The molecule has 4 atom stereocenters. The minimum absolute atomic E-state index is 0.103. The van der Waals surface area contributed by atoms with Crippen molar-refractivity contribution in [3.05, 3.63) is 83.8 Å². The maximum Gasteiger partial charge on any atom is 0.163 e. The zero-order chi connectivity index (χ0) is 26.1. The van der Waals surface area contributed by atoms with Crippen molar-refractivity contribution in [2.75, 3.05) is 25.0 Å². The molecular weight excluding hydrogens is 508 g/mol. The monoisotopic (exact) mass is 534 g/mol. The second-order valence-electron chi connectivity index (χ2n) is 10.8. The van der Waals surface area contributed by atoms with Gasteiger partial charge in [0.05, 0.1) is 22.3 Å². The molecule has 39 heavy (non-hydrogen) atoms. The van der Waals surface area contributed by atoms with Gasteiger partial charge in [-0.15, -0.1) is 0 Å². The van der Waals surface area contributed by atoms with E-state index in [1.54, 1.807) is 12.4 Å². The summed E-state index contributed by atoms with van der Waals surface area (Å²) in [6.45, 7) is 2.16. The SMILES string of the molecule is CN1C[C@@H]2C[C@H]1CN2c1ccc(-c2ccnc3c(C4=CC=CC5NN=CC45)c(-c4ccncc4)nn23)c(Cl)c1. The summed E-state index contributed by atoms with van der Waals surface area (Å²) in [4.78, 5) is 14.0. The first kappa shape index (κ1) is 22.9. The van der Waals surface area contributed by atoms with E-state index in [-0.39, 0.29) is 12.0 Å². The van der Waals surface area contributed by atoms with Crippen molar-refractivity contribution in [2.45, 2.75) is 24.5 Å². The maximum absolute atomic E-state index is 7.01. The van der Waals surface area contributed by atoms with Gasteiger partial charge in [-0.1, -0.05) is 29.8 Å². The number of rotatable bonds is 4. The van der Waals surface area contributed by atoms with Crippen LogP contribution in [0.3, 0.4) is 0 Å². The Bertz CT molecular complexity index is 1690. The normalized spacial score (nSPS) is 25.4. The molecule has 1 aliphatic carbocycles. The van der Waals surface area contributed by atoms with Crippen LogP contribution in [0.5, 0.6) is 0 Å². The number of nitrogens with one attached hydrogen (secondary N) is 1. The third-order valence-electron chi connectivity index (χ3n) is 8.63. The van der Waals surface area contributed by atoms with Crippen LogP contribution in [0.4, 0.5) is 5.69 Å². The minimum Gasteiger partial charge on any atom is -0.366 e. The lowest BCUT2D eigenvalue weighted by Crippen LogP contribution is -2.44. The quantitative estimate of drug-likeness (QED) is 0.415. The smallest absolute Gasteiger partial charge is 0.163 e. The van der Waals surface area contributed by atoms with E-state index >= 15 is 0 Å². The van der Waals surface area contributed by atoms with Crippen LogP contribution in [0.2, 0.25) is 5.02 Å². The summed E-state index contributed by atoms with van der Waals surface area (Å²) in [6, 6.07) is 13.7. The highest BCUT2D eigenvalue weighted by Crippen LogP contribution is 2.41. The Labute approximate surface area is 231 Å². The fraction of sp³-hybridized carbons (Fsp3) is 0.267. The van der Waals surface area contributed by atoms with Gasteiger partial charge in [0.2, 0.25) is 0 Å². The Morgan fingerprint density at radius 3 is 2.72 bits per heavy atom. The van der Waals surface area contributed by atoms with Gasteiger partial charge < -0.3 is 10.3 Å². The van der Waals surface area contributed by atoms with Crippen LogP contribution in [0, 0.1) is 5.92 Å². The van der Waals surface area contributed by atoms with Crippen LogP contribution in [0.25, 0.3) is 33.7 Å². The molecule has 4 aliphatic rings. The Balaban J connectivity index is 1.27. The highest BCUT2D eigenvalue weighted by atomic mass is 35.5. The van der Waals surface area contributed by atoms with Crippen LogP contribution in [-0.4, -0.2) is 69.0 Å². The number of likely N-dealkylation sites (N-methyl/N-ethyl adjacent to an activating group) is 1. The van der Waals surface area contributed by atoms with Gasteiger partial charge in [-0.25, -0.2) is 9.50 Å². The predicted octanol–water partition coefficient (Wildman–Crippen LogP) is 4.53. The van der Waals surface area contributed by atoms with E-state index in [4.69, 9.17) is 21.7 Å². The number of pyridine rings is 1. The van der Waals surface area contributed by atoms with Crippen molar-refractivity contribution in [3.63, 3.8) is 0 Å². The molecule has 2 saturated heterocycles. The summed E-state index contributed by atoms with van der Waals surface area (Å²) < 4.78 is 1.94. The summed E-state index contributed by atoms with van der Waals surface area (Å²) >= 11 is 7.01. The van der Waals surface area contributed by atoms with E-state index in [0.29, 0.717) is 17.1 Å². The predicted molar refractivity (Wildman–Crippen MR) is 155 cm³/mol. The molecule has 2 fully saturated rings. The Morgan fingerprint density at radius 2 is 1.92 bits per heavy atom. The van der Waals surface area contributed by atoms with Gasteiger partial charge in [0, 0.05) is 72.7 Å². The van der Waals surface area contributed by atoms with Gasteiger partial charge >= 0.3 is 0 Å². The van der Waals surface area contributed by atoms with Gasteiger partial charge in [0.1, 0.15) is 5.69 Å². The number of allylic oxidation sites excluding steroid dienone is 2. The molecule has 194 valence electrons. The number of aromatic nitrogens is 4. The number of halogens is 1. The van der Waals surface area contributed by atoms with Gasteiger partial charge in [0.15, 0.2) is 5.65 Å². The Morgan fingerprint density at radius 1 is 1.03 bits per heavy atom. The number of hydrogen-bond donors (Lipinski definition) is 1. The molecule has 0 saturated carbocycles. The second kappa shape index (κ2) is 8.76. The number of hydrazone groups is 1. The lowest BCUT2D eigenvalue weighted by atomic mass is 9.84. The molecule has 1 N–H and O–H groups in total. The number of nitrogens with zero attached hydrogens (tertiary/aromatic N) is 7. The summed E-state index contributed by atoms with van der Waals surface area (Å²) in [5.74, 6) is 0.103. The molecule has 9 heteroatoms. The van der Waals surface area contributed by atoms with Gasteiger partial charge in [0.25, 0.3) is 0 Å². The van der Waals surface area contributed by atoms with Gasteiger partial charge in [-0.3, -0.25) is 9.88 Å². The molecular formula is C30H27ClN8. The Hall–Kier alpha value is -4.01. The van der Waals surface area contributed by atoms with Crippen molar-refractivity contribution in [3.8, 4) is 22.5 Å². The molecule has 1 aromatic carbocycles. The van der Waals surface area contributed by atoms with E-state index < -0.39 is 0 Å².